The van der Waals surface area contributed by atoms with Crippen molar-refractivity contribution in [2.24, 2.45) is 0 Å². The average Bonchev–Trinajstić information content (AvgIpc) is 2.81. The SMILES string of the molecule is Cc1cc(C(=O)N2CCC(O)(C(F)(F)F)C2)ccc1[N+](=O)[O-]. The summed E-state index contributed by atoms with van der Waals surface area (Å²) in [5.74, 6) is -0.696. The molecule has 1 atom stereocenters. The molecule has 1 heterocycles. The van der Waals surface area contributed by atoms with Crippen LogP contribution < -0.4 is 0 Å². The van der Waals surface area contributed by atoms with Crippen molar-refractivity contribution in [1.29, 1.82) is 0 Å². The number of alkyl halides is 3. The number of amides is 1. The van der Waals surface area contributed by atoms with Crippen LogP contribution in [0.5, 0.6) is 0 Å². The van der Waals surface area contributed by atoms with Crippen molar-refractivity contribution in [2.45, 2.75) is 25.1 Å². The van der Waals surface area contributed by atoms with Gasteiger partial charge in [0.05, 0.1) is 11.5 Å². The van der Waals surface area contributed by atoms with Crippen LogP contribution in [0.1, 0.15) is 22.3 Å². The first-order valence-electron chi connectivity index (χ1n) is 6.38. The molecule has 1 saturated heterocycles. The van der Waals surface area contributed by atoms with E-state index in [0.717, 1.165) is 11.0 Å². The normalized spacial score (nSPS) is 22.0. The minimum atomic E-state index is -4.81. The summed E-state index contributed by atoms with van der Waals surface area (Å²) in [5.41, 5.74) is -2.79. The molecule has 1 aromatic carbocycles. The van der Waals surface area contributed by atoms with E-state index in [1.54, 1.807) is 0 Å². The van der Waals surface area contributed by atoms with Crippen molar-refractivity contribution in [3.05, 3.63) is 39.4 Å². The molecule has 1 fully saturated rings. The lowest BCUT2D eigenvalue weighted by molar-refractivity contribution is -0.385. The van der Waals surface area contributed by atoms with Gasteiger partial charge in [-0.25, -0.2) is 0 Å². The third kappa shape index (κ3) is 2.76. The third-order valence-electron chi connectivity index (χ3n) is 3.70. The molecule has 6 nitrogen and oxygen atoms in total. The second-order valence-corrected chi connectivity index (χ2v) is 5.26. The molecule has 1 unspecified atom stereocenters. The molecular formula is C13H13F3N2O4. The number of nitrogens with zero attached hydrogens (tertiary/aromatic N) is 2. The smallest absolute Gasteiger partial charge is 0.379 e. The number of likely N-dealkylation sites (tertiary alicyclic amines) is 1. The molecule has 22 heavy (non-hydrogen) atoms. The minimum absolute atomic E-state index is 0.0505. The van der Waals surface area contributed by atoms with Crippen molar-refractivity contribution in [3.8, 4) is 0 Å². The maximum absolute atomic E-state index is 12.7. The Balaban J connectivity index is 2.20. The first kappa shape index (κ1) is 16.2. The van der Waals surface area contributed by atoms with Gasteiger partial charge in [-0.3, -0.25) is 14.9 Å². The molecule has 2 rings (SSSR count). The van der Waals surface area contributed by atoms with Gasteiger partial charge in [0.2, 0.25) is 0 Å². The van der Waals surface area contributed by atoms with Gasteiger partial charge in [0, 0.05) is 30.2 Å². The first-order valence-corrected chi connectivity index (χ1v) is 6.38. The molecule has 0 aliphatic carbocycles. The molecule has 9 heteroatoms. The van der Waals surface area contributed by atoms with Crippen molar-refractivity contribution in [3.63, 3.8) is 0 Å². The Kier molecular flexibility index (Phi) is 3.86. The van der Waals surface area contributed by atoms with Crippen LogP contribution in [0.4, 0.5) is 18.9 Å². The summed E-state index contributed by atoms with van der Waals surface area (Å²) in [7, 11) is 0. The number of carbonyl (C=O) groups excluding carboxylic acids is 1. The molecule has 0 saturated carbocycles. The molecule has 1 aliphatic rings. The van der Waals surface area contributed by atoms with E-state index < -0.39 is 35.6 Å². The number of aliphatic hydroxyl groups is 1. The van der Waals surface area contributed by atoms with E-state index in [9.17, 15) is 33.2 Å². The number of β-amino-alcohol motifs (C(OH)–C–C–N with tert-alkyl or cyclic N) is 1. The largest absolute Gasteiger partial charge is 0.419 e. The van der Waals surface area contributed by atoms with Gasteiger partial charge in [0.25, 0.3) is 11.6 Å². The van der Waals surface area contributed by atoms with Crippen LogP contribution in [0.25, 0.3) is 0 Å². The van der Waals surface area contributed by atoms with Crippen LogP contribution in [0.15, 0.2) is 18.2 Å². The van der Waals surface area contributed by atoms with Crippen LogP contribution in [-0.2, 0) is 0 Å². The molecule has 0 radical (unpaired) electrons. The van der Waals surface area contributed by atoms with Crippen LogP contribution in [-0.4, -0.2) is 45.7 Å². The maximum atomic E-state index is 12.7. The van der Waals surface area contributed by atoms with Crippen molar-refractivity contribution in [1.82, 2.24) is 4.90 Å². The Morgan fingerprint density at radius 1 is 1.45 bits per heavy atom. The molecule has 0 aromatic heterocycles. The van der Waals surface area contributed by atoms with Gasteiger partial charge >= 0.3 is 6.18 Å². The zero-order valence-electron chi connectivity index (χ0n) is 11.6. The predicted molar refractivity (Wildman–Crippen MR) is 69.4 cm³/mol. The molecule has 1 aromatic rings. The van der Waals surface area contributed by atoms with Gasteiger partial charge < -0.3 is 10.0 Å². The minimum Gasteiger partial charge on any atom is -0.379 e. The van der Waals surface area contributed by atoms with E-state index in [2.05, 4.69) is 0 Å². The first-order chi connectivity index (χ1) is 10.0. The summed E-state index contributed by atoms with van der Waals surface area (Å²) in [6.07, 6.45) is -5.40. The van der Waals surface area contributed by atoms with E-state index in [1.165, 1.54) is 19.1 Å². The third-order valence-corrected chi connectivity index (χ3v) is 3.70. The lowest BCUT2D eigenvalue weighted by atomic mass is 10.0. The summed E-state index contributed by atoms with van der Waals surface area (Å²) >= 11 is 0. The van der Waals surface area contributed by atoms with Crippen LogP contribution in [0.3, 0.4) is 0 Å². The second kappa shape index (κ2) is 5.24. The Morgan fingerprint density at radius 2 is 2.09 bits per heavy atom. The molecule has 1 aliphatic heterocycles. The zero-order chi connectivity index (χ0) is 16.7. The average molecular weight is 318 g/mol. The van der Waals surface area contributed by atoms with Crippen molar-refractivity contribution >= 4 is 11.6 Å². The van der Waals surface area contributed by atoms with E-state index in [1.807, 2.05) is 0 Å². The number of halogens is 3. The van der Waals surface area contributed by atoms with Gasteiger partial charge in [-0.2, -0.15) is 13.2 Å². The Labute approximate surface area is 123 Å². The summed E-state index contributed by atoms with van der Waals surface area (Å²) in [5, 5.41) is 20.3. The van der Waals surface area contributed by atoms with Crippen LogP contribution >= 0.6 is 0 Å². The summed E-state index contributed by atoms with van der Waals surface area (Å²) in [4.78, 5) is 23.2. The Bertz CT molecular complexity index is 632. The fourth-order valence-electron chi connectivity index (χ4n) is 2.37. The van der Waals surface area contributed by atoms with E-state index >= 15 is 0 Å². The van der Waals surface area contributed by atoms with E-state index in [4.69, 9.17) is 0 Å². The number of nitro groups is 1. The Hall–Kier alpha value is -2.16. The second-order valence-electron chi connectivity index (χ2n) is 5.26. The fourth-order valence-corrected chi connectivity index (χ4v) is 2.37. The van der Waals surface area contributed by atoms with E-state index in [-0.39, 0.29) is 23.4 Å². The number of aryl methyl sites for hydroxylation is 1. The Morgan fingerprint density at radius 3 is 2.55 bits per heavy atom. The summed E-state index contributed by atoms with van der Waals surface area (Å²) in [6, 6.07) is 3.58. The number of benzene rings is 1. The van der Waals surface area contributed by atoms with Crippen molar-refractivity contribution in [2.75, 3.05) is 13.1 Å². The number of rotatable bonds is 2. The summed E-state index contributed by atoms with van der Waals surface area (Å²) in [6.45, 7) is 0.362. The maximum Gasteiger partial charge on any atom is 0.419 e. The van der Waals surface area contributed by atoms with Gasteiger partial charge in [0.1, 0.15) is 0 Å². The highest BCUT2D eigenvalue weighted by atomic mass is 19.4. The monoisotopic (exact) mass is 318 g/mol. The topological polar surface area (TPSA) is 83.7 Å². The molecule has 0 spiro atoms. The van der Waals surface area contributed by atoms with Crippen LogP contribution in [0, 0.1) is 17.0 Å². The molecule has 1 N–H and O–H groups in total. The van der Waals surface area contributed by atoms with Gasteiger partial charge in [-0.1, -0.05) is 0 Å². The summed E-state index contributed by atoms with van der Waals surface area (Å²) < 4.78 is 38.2. The molecule has 0 bridgehead atoms. The molecule has 120 valence electrons. The highest BCUT2D eigenvalue weighted by molar-refractivity contribution is 5.95. The predicted octanol–water partition coefficient (Wildman–Crippen LogP) is 2.04. The lowest BCUT2D eigenvalue weighted by Crippen LogP contribution is -2.48. The highest BCUT2D eigenvalue weighted by Crippen LogP contribution is 2.38. The number of carbonyl (C=O) groups is 1. The van der Waals surface area contributed by atoms with Gasteiger partial charge in [-0.05, 0) is 19.1 Å². The zero-order valence-corrected chi connectivity index (χ0v) is 11.6. The van der Waals surface area contributed by atoms with E-state index in [0.29, 0.717) is 0 Å². The number of hydrogen-bond acceptors (Lipinski definition) is 4. The number of nitro benzene ring substituents is 1. The van der Waals surface area contributed by atoms with Crippen LogP contribution in [0.2, 0.25) is 0 Å². The highest BCUT2D eigenvalue weighted by Gasteiger charge is 2.57. The molecule has 1 amide bonds. The quantitative estimate of drug-likeness (QED) is 0.668. The fraction of sp³-hybridized carbons (Fsp3) is 0.462. The van der Waals surface area contributed by atoms with Gasteiger partial charge in [0.15, 0.2) is 5.60 Å². The standard InChI is InChI=1S/C13H13F3N2O4/c1-8-6-9(2-3-10(8)18(21)22)11(19)17-5-4-12(20,7-17)13(14,15)16/h2-3,6,20H,4-5,7H2,1H3. The number of hydrogen-bond donors (Lipinski definition) is 1. The lowest BCUT2D eigenvalue weighted by Gasteiger charge is -2.25. The molecular weight excluding hydrogens is 305 g/mol. The van der Waals surface area contributed by atoms with Crippen molar-refractivity contribution < 1.29 is 28.0 Å². The van der Waals surface area contributed by atoms with Gasteiger partial charge in [-0.15, -0.1) is 0 Å².